The third-order valence-corrected chi connectivity index (χ3v) is 9.62. The summed E-state index contributed by atoms with van der Waals surface area (Å²) in [5, 5.41) is 0. The van der Waals surface area contributed by atoms with Gasteiger partial charge >= 0.3 is 11.9 Å². The molecule has 0 radical (unpaired) electrons. The molecular weight excluding hydrogens is 596 g/mol. The van der Waals surface area contributed by atoms with Gasteiger partial charge in [-0.25, -0.2) is 9.59 Å². The van der Waals surface area contributed by atoms with Crippen LogP contribution in [0.15, 0.2) is 24.3 Å². The van der Waals surface area contributed by atoms with Crippen LogP contribution in [-0.4, -0.2) is 74.2 Å². The van der Waals surface area contributed by atoms with Crippen molar-refractivity contribution >= 4 is 11.9 Å². The SMILES string of the molecule is CCCCCCCCCCCCN(CC)CCCOC(=O)c1ccccc1C(=O)OCCCN(CC)CCCCCCCCCCCC. The molecule has 0 aliphatic carbocycles. The number of rotatable bonds is 34. The van der Waals surface area contributed by atoms with E-state index in [4.69, 9.17) is 9.47 Å². The van der Waals surface area contributed by atoms with E-state index in [1.807, 2.05) is 0 Å². The van der Waals surface area contributed by atoms with Crippen molar-refractivity contribution in [3.63, 3.8) is 0 Å². The molecule has 0 amide bonds. The van der Waals surface area contributed by atoms with E-state index in [0.29, 0.717) is 13.2 Å². The molecule has 0 bridgehead atoms. The molecule has 1 rings (SSSR count). The van der Waals surface area contributed by atoms with E-state index in [1.165, 1.54) is 128 Å². The second kappa shape index (κ2) is 32.3. The fraction of sp³-hybridized carbons (Fsp3) is 0.810. The van der Waals surface area contributed by atoms with Crippen molar-refractivity contribution < 1.29 is 19.1 Å². The Bertz CT molecular complexity index is 821. The molecule has 6 heteroatoms. The van der Waals surface area contributed by atoms with Crippen LogP contribution in [0.3, 0.4) is 0 Å². The average Bonchev–Trinajstić information content (AvgIpc) is 3.11. The van der Waals surface area contributed by atoms with Gasteiger partial charge in [0.2, 0.25) is 0 Å². The van der Waals surface area contributed by atoms with Gasteiger partial charge in [0.15, 0.2) is 0 Å². The summed E-state index contributed by atoms with van der Waals surface area (Å²) in [4.78, 5) is 30.7. The van der Waals surface area contributed by atoms with E-state index < -0.39 is 11.9 Å². The zero-order chi connectivity index (χ0) is 34.9. The van der Waals surface area contributed by atoms with Crippen LogP contribution in [0.25, 0.3) is 0 Å². The molecule has 6 nitrogen and oxygen atoms in total. The van der Waals surface area contributed by atoms with Crippen molar-refractivity contribution in [2.75, 3.05) is 52.5 Å². The van der Waals surface area contributed by atoms with Crippen molar-refractivity contribution in [1.29, 1.82) is 0 Å². The number of esters is 2. The van der Waals surface area contributed by atoms with Crippen molar-refractivity contribution in [3.05, 3.63) is 35.4 Å². The van der Waals surface area contributed by atoms with E-state index in [-0.39, 0.29) is 11.1 Å². The third kappa shape index (κ3) is 23.4. The van der Waals surface area contributed by atoms with Gasteiger partial charge in [-0.1, -0.05) is 155 Å². The molecule has 0 aromatic heterocycles. The first-order valence-electron chi connectivity index (χ1n) is 20.4. The van der Waals surface area contributed by atoms with Gasteiger partial charge in [-0.2, -0.15) is 0 Å². The monoisotopic (exact) mass is 673 g/mol. The van der Waals surface area contributed by atoms with Crippen LogP contribution in [0.4, 0.5) is 0 Å². The van der Waals surface area contributed by atoms with Crippen LogP contribution < -0.4 is 0 Å². The van der Waals surface area contributed by atoms with Crippen LogP contribution in [0.5, 0.6) is 0 Å². The van der Waals surface area contributed by atoms with Gasteiger partial charge in [0.1, 0.15) is 0 Å². The Kier molecular flexibility index (Phi) is 29.7. The summed E-state index contributed by atoms with van der Waals surface area (Å²) < 4.78 is 11.2. The first-order chi connectivity index (χ1) is 23.6. The summed E-state index contributed by atoms with van der Waals surface area (Å²) in [5.41, 5.74) is 0.577. The maximum atomic E-state index is 12.9. The largest absolute Gasteiger partial charge is 0.462 e. The van der Waals surface area contributed by atoms with Gasteiger partial charge in [-0.15, -0.1) is 0 Å². The molecule has 0 saturated heterocycles. The highest BCUT2D eigenvalue weighted by Gasteiger charge is 2.19. The lowest BCUT2D eigenvalue weighted by Gasteiger charge is -2.20. The molecule has 0 fully saturated rings. The van der Waals surface area contributed by atoms with Crippen LogP contribution in [0, 0.1) is 0 Å². The Labute approximate surface area is 297 Å². The number of hydrogen-bond donors (Lipinski definition) is 0. The highest BCUT2D eigenvalue weighted by atomic mass is 16.5. The molecule has 0 N–H and O–H groups in total. The molecule has 0 unspecified atom stereocenters. The van der Waals surface area contributed by atoms with Crippen molar-refractivity contribution in [2.24, 2.45) is 0 Å². The topological polar surface area (TPSA) is 59.1 Å². The van der Waals surface area contributed by atoms with E-state index >= 15 is 0 Å². The predicted molar refractivity (Wildman–Crippen MR) is 204 cm³/mol. The molecule has 1 aromatic rings. The van der Waals surface area contributed by atoms with Crippen molar-refractivity contribution in [2.45, 2.75) is 169 Å². The zero-order valence-corrected chi connectivity index (χ0v) is 32.1. The molecule has 0 spiro atoms. The number of hydrogen-bond acceptors (Lipinski definition) is 6. The van der Waals surface area contributed by atoms with Gasteiger partial charge in [0.25, 0.3) is 0 Å². The third-order valence-electron chi connectivity index (χ3n) is 9.62. The molecule has 0 heterocycles. The fourth-order valence-corrected chi connectivity index (χ4v) is 6.40. The number of carbonyl (C=O) groups excluding carboxylic acids is 2. The molecule has 278 valence electrons. The number of benzene rings is 1. The lowest BCUT2D eigenvalue weighted by atomic mass is 10.1. The molecule has 0 aliphatic heterocycles. The second-order valence-electron chi connectivity index (χ2n) is 13.8. The Morgan fingerprint density at radius 1 is 0.438 bits per heavy atom. The summed E-state index contributed by atoms with van der Waals surface area (Å²) in [6.07, 6.45) is 28.6. The Morgan fingerprint density at radius 3 is 1.04 bits per heavy atom. The zero-order valence-electron chi connectivity index (χ0n) is 32.1. The average molecular weight is 673 g/mol. The smallest absolute Gasteiger partial charge is 0.339 e. The van der Waals surface area contributed by atoms with Gasteiger partial charge in [-0.05, 0) is 64.0 Å². The standard InChI is InChI=1S/C42H76N2O4/c1-5-9-11-13-15-17-19-21-23-27-33-43(7-3)35-29-37-47-41(45)39-31-25-26-32-40(39)42(46)48-38-30-36-44(8-4)34-28-24-22-20-18-16-14-12-10-6-2/h25-26,31-32H,5-24,27-30,33-38H2,1-4H3. The molecular formula is C42H76N2O4. The summed E-state index contributed by atoms with van der Waals surface area (Å²) in [6, 6.07) is 6.86. The predicted octanol–water partition coefficient (Wildman–Crippen LogP) is 11.3. The maximum Gasteiger partial charge on any atom is 0.339 e. The highest BCUT2D eigenvalue weighted by Crippen LogP contribution is 2.14. The lowest BCUT2D eigenvalue weighted by Crippen LogP contribution is -2.27. The van der Waals surface area contributed by atoms with E-state index in [0.717, 1.165) is 52.1 Å². The van der Waals surface area contributed by atoms with Crippen LogP contribution in [0.2, 0.25) is 0 Å². The maximum absolute atomic E-state index is 12.9. The minimum Gasteiger partial charge on any atom is -0.462 e. The minimum atomic E-state index is -0.450. The molecule has 1 aromatic carbocycles. The van der Waals surface area contributed by atoms with Crippen LogP contribution >= 0.6 is 0 Å². The highest BCUT2D eigenvalue weighted by molar-refractivity contribution is 6.03. The second-order valence-corrected chi connectivity index (χ2v) is 13.8. The van der Waals surface area contributed by atoms with E-state index in [1.54, 1.807) is 24.3 Å². The van der Waals surface area contributed by atoms with Crippen molar-refractivity contribution in [3.8, 4) is 0 Å². The summed E-state index contributed by atoms with van der Waals surface area (Å²) >= 11 is 0. The quantitative estimate of drug-likeness (QED) is 0.0536. The van der Waals surface area contributed by atoms with Gasteiger partial charge in [0.05, 0.1) is 24.3 Å². The number of carbonyl (C=O) groups is 2. The minimum absolute atomic E-state index is 0.288. The first-order valence-corrected chi connectivity index (χ1v) is 20.4. The Hall–Kier alpha value is -1.92. The summed E-state index contributed by atoms with van der Waals surface area (Å²) in [5.74, 6) is -0.900. The number of ether oxygens (including phenoxy) is 2. The van der Waals surface area contributed by atoms with Gasteiger partial charge in [0, 0.05) is 13.1 Å². The van der Waals surface area contributed by atoms with Crippen LogP contribution in [-0.2, 0) is 9.47 Å². The normalized spacial score (nSPS) is 11.5. The number of unbranched alkanes of at least 4 members (excludes halogenated alkanes) is 18. The summed E-state index contributed by atoms with van der Waals surface area (Å²) in [6.45, 7) is 15.7. The Balaban J connectivity index is 2.23. The molecule has 0 atom stereocenters. The molecule has 0 saturated carbocycles. The fourth-order valence-electron chi connectivity index (χ4n) is 6.40. The number of nitrogens with zero attached hydrogens (tertiary/aromatic N) is 2. The molecule has 48 heavy (non-hydrogen) atoms. The van der Waals surface area contributed by atoms with Gasteiger partial charge < -0.3 is 19.3 Å². The Morgan fingerprint density at radius 2 is 0.729 bits per heavy atom. The summed E-state index contributed by atoms with van der Waals surface area (Å²) in [7, 11) is 0. The van der Waals surface area contributed by atoms with E-state index in [9.17, 15) is 9.59 Å². The van der Waals surface area contributed by atoms with Crippen molar-refractivity contribution in [1.82, 2.24) is 9.80 Å². The van der Waals surface area contributed by atoms with E-state index in [2.05, 4.69) is 37.5 Å². The first kappa shape index (κ1) is 44.1. The molecule has 0 aliphatic rings. The van der Waals surface area contributed by atoms with Gasteiger partial charge in [-0.3, -0.25) is 0 Å². The van der Waals surface area contributed by atoms with Crippen LogP contribution in [0.1, 0.15) is 190 Å². The lowest BCUT2D eigenvalue weighted by molar-refractivity contribution is 0.0441.